The highest BCUT2D eigenvalue weighted by molar-refractivity contribution is 8.02. The molecule has 0 fully saturated rings. The van der Waals surface area contributed by atoms with E-state index in [4.69, 9.17) is 0 Å². The van der Waals surface area contributed by atoms with Gasteiger partial charge in [-0.25, -0.2) is 0 Å². The molecule has 2 aromatic rings. The van der Waals surface area contributed by atoms with Crippen LogP contribution in [0.15, 0.2) is 35.4 Å². The summed E-state index contributed by atoms with van der Waals surface area (Å²) in [6.45, 7) is 14.2. The van der Waals surface area contributed by atoms with E-state index < -0.39 is 16.1 Å². The normalized spacial score (nSPS) is 13.8. The Kier molecular flexibility index (Phi) is 4.77. The molecule has 0 saturated carbocycles. The standard InChI is InChI=1S/C17H25NSSi2/c1-20(2,3)12-11-17(21(4,5)6)19-16-13-18-15-10-8-7-9-14(15)16/h7-10,13,17-18H,1-6H3. The van der Waals surface area contributed by atoms with Gasteiger partial charge < -0.3 is 4.98 Å². The number of para-hydroxylation sites is 1. The molecular weight excluding hydrogens is 306 g/mol. The minimum Gasteiger partial charge on any atom is -0.360 e. The summed E-state index contributed by atoms with van der Waals surface area (Å²) >= 11 is 1.95. The second-order valence-corrected chi connectivity index (χ2v) is 19.2. The molecule has 4 heteroatoms. The van der Waals surface area contributed by atoms with Gasteiger partial charge in [-0.2, -0.15) is 0 Å². The van der Waals surface area contributed by atoms with Crippen LogP contribution in [0.25, 0.3) is 10.9 Å². The van der Waals surface area contributed by atoms with Gasteiger partial charge in [-0.1, -0.05) is 63.4 Å². The number of fused-ring (bicyclic) bond motifs is 1. The van der Waals surface area contributed by atoms with Gasteiger partial charge in [0, 0.05) is 22.0 Å². The van der Waals surface area contributed by atoms with Crippen LogP contribution in [0, 0.1) is 11.5 Å². The van der Waals surface area contributed by atoms with Crippen LogP contribution in [0.2, 0.25) is 39.3 Å². The average molecular weight is 332 g/mol. The topological polar surface area (TPSA) is 15.8 Å². The second kappa shape index (κ2) is 6.07. The van der Waals surface area contributed by atoms with Crippen molar-refractivity contribution in [3.8, 4) is 11.5 Å². The highest BCUT2D eigenvalue weighted by Crippen LogP contribution is 2.34. The Hall–Kier alpha value is -0.896. The fourth-order valence-electron chi connectivity index (χ4n) is 1.97. The van der Waals surface area contributed by atoms with Crippen molar-refractivity contribution in [2.24, 2.45) is 0 Å². The lowest BCUT2D eigenvalue weighted by Gasteiger charge is -2.24. The number of aromatic nitrogens is 1. The Labute approximate surface area is 134 Å². The summed E-state index contributed by atoms with van der Waals surface area (Å²) in [5.74, 6) is 3.63. The summed E-state index contributed by atoms with van der Waals surface area (Å²) in [5.41, 5.74) is 4.80. The zero-order valence-corrected chi connectivity index (χ0v) is 16.7. The van der Waals surface area contributed by atoms with E-state index in [1.54, 1.807) is 0 Å². The molecule has 0 aliphatic rings. The Morgan fingerprint density at radius 2 is 1.71 bits per heavy atom. The van der Waals surface area contributed by atoms with Crippen LogP contribution in [0.3, 0.4) is 0 Å². The molecule has 1 aromatic heterocycles. The van der Waals surface area contributed by atoms with Crippen molar-refractivity contribution >= 4 is 38.8 Å². The minimum atomic E-state index is -1.33. The molecule has 0 saturated heterocycles. The molecule has 1 atom stereocenters. The Bertz CT molecular complexity index is 680. The third-order valence-electron chi connectivity index (χ3n) is 3.16. The molecule has 112 valence electrons. The number of aromatic amines is 1. The number of thioether (sulfide) groups is 1. The number of benzene rings is 1. The maximum absolute atomic E-state index is 3.63. The number of hydrogen-bond acceptors (Lipinski definition) is 1. The monoisotopic (exact) mass is 331 g/mol. The summed E-state index contributed by atoms with van der Waals surface area (Å²) in [6, 6.07) is 8.52. The maximum Gasteiger partial charge on any atom is 0.129 e. The van der Waals surface area contributed by atoms with E-state index in [1.165, 1.54) is 15.8 Å². The fraction of sp³-hybridized carbons (Fsp3) is 0.412. The summed E-state index contributed by atoms with van der Waals surface area (Å²) < 4.78 is 0. The molecule has 2 rings (SSSR count). The van der Waals surface area contributed by atoms with Crippen molar-refractivity contribution in [1.29, 1.82) is 0 Å². The van der Waals surface area contributed by atoms with E-state index in [9.17, 15) is 0 Å². The predicted molar refractivity (Wildman–Crippen MR) is 102 cm³/mol. The van der Waals surface area contributed by atoms with Gasteiger partial charge in [-0.15, -0.1) is 17.3 Å². The molecular formula is C17H25NSSi2. The van der Waals surface area contributed by atoms with Gasteiger partial charge in [0.15, 0.2) is 0 Å². The van der Waals surface area contributed by atoms with Crippen molar-refractivity contribution in [3.05, 3.63) is 30.5 Å². The first kappa shape index (κ1) is 16.5. The van der Waals surface area contributed by atoms with Crippen molar-refractivity contribution in [2.45, 2.75) is 49.1 Å². The van der Waals surface area contributed by atoms with Gasteiger partial charge >= 0.3 is 0 Å². The van der Waals surface area contributed by atoms with E-state index in [1.807, 2.05) is 11.8 Å². The molecule has 1 N–H and O–H groups in total. The Morgan fingerprint density at radius 1 is 1.05 bits per heavy atom. The largest absolute Gasteiger partial charge is 0.360 e. The number of rotatable bonds is 3. The van der Waals surface area contributed by atoms with E-state index in [-0.39, 0.29) is 0 Å². The van der Waals surface area contributed by atoms with Crippen molar-refractivity contribution in [2.75, 3.05) is 0 Å². The summed E-state index contributed by atoms with van der Waals surface area (Å²) in [6.07, 6.45) is 2.14. The first-order valence-corrected chi connectivity index (χ1v) is 15.4. The lowest BCUT2D eigenvalue weighted by atomic mass is 10.2. The molecule has 0 spiro atoms. The van der Waals surface area contributed by atoms with Gasteiger partial charge in [-0.3, -0.25) is 0 Å². The number of H-pyrrole nitrogens is 1. The number of hydrogen-bond donors (Lipinski definition) is 1. The van der Waals surface area contributed by atoms with E-state index in [2.05, 4.69) is 86.2 Å². The third kappa shape index (κ3) is 4.54. The number of nitrogens with one attached hydrogen (secondary N) is 1. The lowest BCUT2D eigenvalue weighted by Crippen LogP contribution is -2.35. The molecule has 0 radical (unpaired) electrons. The molecule has 1 nitrogen and oxygen atoms in total. The molecule has 0 amide bonds. The van der Waals surface area contributed by atoms with Crippen LogP contribution in [-0.2, 0) is 0 Å². The van der Waals surface area contributed by atoms with Crippen LogP contribution in [0.1, 0.15) is 0 Å². The van der Waals surface area contributed by atoms with Crippen LogP contribution >= 0.6 is 11.8 Å². The van der Waals surface area contributed by atoms with E-state index in [0.717, 1.165) is 0 Å². The Balaban J connectivity index is 2.33. The molecule has 0 aliphatic carbocycles. The van der Waals surface area contributed by atoms with Crippen LogP contribution < -0.4 is 0 Å². The predicted octanol–water partition coefficient (Wildman–Crippen LogP) is 5.39. The van der Waals surface area contributed by atoms with E-state index in [0.29, 0.717) is 4.87 Å². The van der Waals surface area contributed by atoms with Gasteiger partial charge in [0.25, 0.3) is 0 Å². The minimum absolute atomic E-state index is 0.448. The third-order valence-corrected chi connectivity index (χ3v) is 9.19. The molecule has 21 heavy (non-hydrogen) atoms. The fourth-order valence-corrected chi connectivity index (χ4v) is 5.90. The highest BCUT2D eigenvalue weighted by atomic mass is 32.2. The zero-order chi connectivity index (χ0) is 15.7. The molecule has 0 bridgehead atoms. The van der Waals surface area contributed by atoms with Crippen molar-refractivity contribution < 1.29 is 0 Å². The first-order valence-electron chi connectivity index (χ1n) is 7.42. The summed E-state index contributed by atoms with van der Waals surface area (Å²) in [7, 11) is -2.65. The van der Waals surface area contributed by atoms with E-state index >= 15 is 0 Å². The van der Waals surface area contributed by atoms with Gasteiger partial charge in [0.1, 0.15) is 8.07 Å². The first-order chi connectivity index (χ1) is 9.67. The van der Waals surface area contributed by atoms with Gasteiger partial charge in [-0.05, 0) is 6.07 Å². The van der Waals surface area contributed by atoms with Crippen molar-refractivity contribution in [1.82, 2.24) is 4.98 Å². The zero-order valence-electron chi connectivity index (χ0n) is 13.9. The molecule has 0 aliphatic heterocycles. The van der Waals surface area contributed by atoms with Gasteiger partial charge in [0.05, 0.1) is 12.9 Å². The molecule has 1 heterocycles. The SMILES string of the molecule is C[Si](C)(C)C#CC(Sc1c[nH]c2ccccc12)[Si](C)(C)C. The van der Waals surface area contributed by atoms with Crippen molar-refractivity contribution in [3.63, 3.8) is 0 Å². The molecule has 1 unspecified atom stereocenters. The summed E-state index contributed by atoms with van der Waals surface area (Å²) in [4.78, 5) is 5.16. The second-order valence-electron chi connectivity index (χ2n) is 7.58. The van der Waals surface area contributed by atoms with Gasteiger partial charge in [0.2, 0.25) is 0 Å². The van der Waals surface area contributed by atoms with Crippen LogP contribution in [0.4, 0.5) is 0 Å². The quantitative estimate of drug-likeness (QED) is 0.453. The lowest BCUT2D eigenvalue weighted by molar-refractivity contribution is 1.40. The highest BCUT2D eigenvalue weighted by Gasteiger charge is 2.27. The molecule has 1 aromatic carbocycles. The Morgan fingerprint density at radius 3 is 2.33 bits per heavy atom. The maximum atomic E-state index is 3.63. The average Bonchev–Trinajstić information content (AvgIpc) is 2.75. The smallest absolute Gasteiger partial charge is 0.129 e. The van der Waals surface area contributed by atoms with Crippen LogP contribution in [-0.4, -0.2) is 26.0 Å². The van der Waals surface area contributed by atoms with Crippen LogP contribution in [0.5, 0.6) is 0 Å². The summed E-state index contributed by atoms with van der Waals surface area (Å²) in [5, 5.41) is 1.32.